The van der Waals surface area contributed by atoms with Crippen molar-refractivity contribution >= 4 is 22.6 Å². The number of hydrogen-bond donors (Lipinski definition) is 0. The number of pyridine rings is 1. The van der Waals surface area contributed by atoms with Crippen molar-refractivity contribution in [2.45, 2.75) is 6.92 Å². The number of carbonyl (C=O) groups is 2. The Labute approximate surface area is 148 Å². The Morgan fingerprint density at radius 2 is 1.81 bits per heavy atom. The van der Waals surface area contributed by atoms with Crippen molar-refractivity contribution in [1.82, 2.24) is 14.5 Å². The van der Waals surface area contributed by atoms with Crippen molar-refractivity contribution < 1.29 is 9.59 Å². The summed E-state index contributed by atoms with van der Waals surface area (Å²) >= 11 is 0. The maximum absolute atomic E-state index is 13.0. The molecule has 0 bridgehead atoms. The Hall–Kier alpha value is -3.60. The molecule has 5 rings (SSSR count). The van der Waals surface area contributed by atoms with E-state index < -0.39 is 0 Å². The smallest absolute Gasteiger partial charge is 0.265 e. The fourth-order valence-electron chi connectivity index (χ4n) is 3.62. The second-order valence-corrected chi connectivity index (χ2v) is 6.35. The lowest BCUT2D eigenvalue weighted by molar-refractivity contribution is 0.0959. The van der Waals surface area contributed by atoms with Crippen LogP contribution < -0.4 is 0 Å². The second kappa shape index (κ2) is 5.20. The third-order valence-corrected chi connectivity index (χ3v) is 4.76. The Morgan fingerprint density at radius 3 is 2.58 bits per heavy atom. The molecule has 1 aliphatic carbocycles. The highest BCUT2D eigenvalue weighted by molar-refractivity contribution is 6.27. The van der Waals surface area contributed by atoms with Gasteiger partial charge in [0, 0.05) is 34.6 Å². The third-order valence-electron chi connectivity index (χ3n) is 4.76. The first-order valence-electron chi connectivity index (χ1n) is 8.26. The van der Waals surface area contributed by atoms with Gasteiger partial charge in [-0.1, -0.05) is 24.3 Å². The molecule has 0 N–H and O–H groups in total. The molecule has 0 spiro atoms. The van der Waals surface area contributed by atoms with Gasteiger partial charge >= 0.3 is 0 Å². The number of benzene rings is 2. The third kappa shape index (κ3) is 1.91. The van der Waals surface area contributed by atoms with E-state index in [-0.39, 0.29) is 11.7 Å². The number of fused-ring (bicyclic) bond motifs is 2. The first-order chi connectivity index (χ1) is 12.6. The molecule has 4 aromatic rings. The van der Waals surface area contributed by atoms with E-state index in [9.17, 15) is 9.59 Å². The van der Waals surface area contributed by atoms with Gasteiger partial charge in [-0.05, 0) is 36.2 Å². The van der Waals surface area contributed by atoms with Crippen LogP contribution in [0.4, 0.5) is 0 Å². The minimum Gasteiger partial charge on any atom is -0.289 e. The Morgan fingerprint density at radius 1 is 1.00 bits per heavy atom. The average Bonchev–Trinajstić information content (AvgIpc) is 3.19. The van der Waals surface area contributed by atoms with Crippen molar-refractivity contribution in [2.24, 2.45) is 0 Å². The predicted octanol–water partition coefficient (Wildman–Crippen LogP) is 3.64. The summed E-state index contributed by atoms with van der Waals surface area (Å²) in [6, 6.07) is 12.9. The zero-order valence-corrected chi connectivity index (χ0v) is 13.9. The molecule has 0 aliphatic heterocycles. The highest BCUT2D eigenvalue weighted by Gasteiger charge is 2.28. The fraction of sp³-hybridized carbons (Fsp3) is 0.0476. The van der Waals surface area contributed by atoms with Gasteiger partial charge in [0.05, 0.1) is 11.1 Å². The fourth-order valence-corrected chi connectivity index (χ4v) is 3.62. The van der Waals surface area contributed by atoms with E-state index in [1.54, 1.807) is 24.5 Å². The van der Waals surface area contributed by atoms with Gasteiger partial charge in [0.15, 0.2) is 5.78 Å². The van der Waals surface area contributed by atoms with Gasteiger partial charge in [-0.25, -0.2) is 4.98 Å². The van der Waals surface area contributed by atoms with Crippen LogP contribution in [-0.4, -0.2) is 26.2 Å². The second-order valence-electron chi connectivity index (χ2n) is 6.35. The number of hydrogen-bond acceptors (Lipinski definition) is 4. The lowest BCUT2D eigenvalue weighted by Crippen LogP contribution is -2.15. The highest BCUT2D eigenvalue weighted by atomic mass is 16.2. The molecule has 0 fully saturated rings. The number of ketones is 1. The molecule has 5 nitrogen and oxygen atoms in total. The van der Waals surface area contributed by atoms with Gasteiger partial charge in [0.2, 0.25) is 0 Å². The summed E-state index contributed by atoms with van der Waals surface area (Å²) < 4.78 is 1.42. The Bertz CT molecular complexity index is 1220. The largest absolute Gasteiger partial charge is 0.289 e. The van der Waals surface area contributed by atoms with E-state index in [4.69, 9.17) is 0 Å². The molecule has 0 atom stereocenters. The molecule has 0 saturated heterocycles. The number of rotatable bonds is 1. The number of aryl methyl sites for hydroxylation is 1. The summed E-state index contributed by atoms with van der Waals surface area (Å²) in [4.78, 5) is 34.4. The van der Waals surface area contributed by atoms with Crippen molar-refractivity contribution in [3.05, 3.63) is 83.6 Å². The van der Waals surface area contributed by atoms with Crippen molar-refractivity contribution in [3.8, 4) is 11.1 Å². The Kier molecular flexibility index (Phi) is 2.94. The van der Waals surface area contributed by atoms with Crippen LogP contribution in [0.1, 0.15) is 32.0 Å². The van der Waals surface area contributed by atoms with E-state index in [1.807, 2.05) is 37.3 Å². The molecule has 0 amide bonds. The van der Waals surface area contributed by atoms with Gasteiger partial charge in [-0.2, -0.15) is 0 Å². The van der Waals surface area contributed by atoms with Crippen LogP contribution in [0.3, 0.4) is 0 Å². The lowest BCUT2D eigenvalue weighted by Gasteiger charge is -2.21. The maximum Gasteiger partial charge on any atom is 0.265 e. The molecule has 2 heterocycles. The molecule has 2 aromatic carbocycles. The molecule has 124 valence electrons. The minimum atomic E-state index is -0.218. The molecule has 26 heavy (non-hydrogen) atoms. The first-order valence-corrected chi connectivity index (χ1v) is 8.26. The van der Waals surface area contributed by atoms with Crippen LogP contribution in [0, 0.1) is 6.92 Å². The SMILES string of the molecule is Cc1cc2c3c(ccc(C(=O)n4ccnc4)c3n1)C(=O)c1ccccc1-2. The van der Waals surface area contributed by atoms with E-state index in [1.165, 1.54) is 10.9 Å². The van der Waals surface area contributed by atoms with Gasteiger partial charge in [0.25, 0.3) is 5.91 Å². The number of imidazole rings is 1. The monoisotopic (exact) mass is 339 g/mol. The van der Waals surface area contributed by atoms with Gasteiger partial charge in [-0.3, -0.25) is 19.1 Å². The van der Waals surface area contributed by atoms with Crippen LogP contribution >= 0.6 is 0 Å². The quantitative estimate of drug-likeness (QED) is 0.468. The van der Waals surface area contributed by atoms with Gasteiger partial charge < -0.3 is 0 Å². The molecule has 5 heteroatoms. The lowest BCUT2D eigenvalue weighted by atomic mass is 9.83. The summed E-state index contributed by atoms with van der Waals surface area (Å²) in [6.07, 6.45) is 4.62. The number of nitrogens with zero attached hydrogens (tertiary/aromatic N) is 3. The van der Waals surface area contributed by atoms with Crippen LogP contribution in [-0.2, 0) is 0 Å². The molecule has 1 aliphatic rings. The van der Waals surface area contributed by atoms with Crippen molar-refractivity contribution in [2.75, 3.05) is 0 Å². The summed E-state index contributed by atoms with van der Waals surface area (Å²) in [5.74, 6) is -0.255. The number of carbonyl (C=O) groups excluding carboxylic acids is 2. The summed E-state index contributed by atoms with van der Waals surface area (Å²) in [5.41, 5.74) is 4.90. The van der Waals surface area contributed by atoms with Crippen LogP contribution in [0.2, 0.25) is 0 Å². The van der Waals surface area contributed by atoms with Crippen LogP contribution in [0.25, 0.3) is 22.0 Å². The molecule has 0 unspecified atom stereocenters. The Balaban J connectivity index is 1.89. The zero-order valence-electron chi connectivity index (χ0n) is 13.9. The summed E-state index contributed by atoms with van der Waals surface area (Å²) in [6.45, 7) is 1.90. The molecule has 0 radical (unpaired) electrons. The molecular weight excluding hydrogens is 326 g/mol. The van der Waals surface area contributed by atoms with Crippen molar-refractivity contribution in [3.63, 3.8) is 0 Å². The number of aromatic nitrogens is 3. The summed E-state index contributed by atoms with van der Waals surface area (Å²) in [5, 5.41) is 0.741. The van der Waals surface area contributed by atoms with E-state index >= 15 is 0 Å². The average molecular weight is 339 g/mol. The standard InChI is InChI=1S/C21H13N3O2/c1-12-10-17-13-4-2-3-5-14(13)20(25)15-6-7-16(19(23-12)18(15)17)21(26)24-9-8-22-11-24/h2-11H,1H3. The zero-order chi connectivity index (χ0) is 17.8. The van der Waals surface area contributed by atoms with Crippen LogP contribution in [0.5, 0.6) is 0 Å². The van der Waals surface area contributed by atoms with E-state index in [0.29, 0.717) is 22.2 Å². The summed E-state index contributed by atoms with van der Waals surface area (Å²) in [7, 11) is 0. The predicted molar refractivity (Wildman–Crippen MR) is 97.3 cm³/mol. The van der Waals surface area contributed by atoms with Gasteiger partial charge in [0.1, 0.15) is 6.33 Å². The normalized spacial score (nSPS) is 12.3. The molecule has 2 aromatic heterocycles. The topological polar surface area (TPSA) is 64.8 Å². The van der Waals surface area contributed by atoms with E-state index in [2.05, 4.69) is 9.97 Å². The first kappa shape index (κ1) is 14.7. The highest BCUT2D eigenvalue weighted by Crippen LogP contribution is 2.40. The van der Waals surface area contributed by atoms with Crippen LogP contribution in [0.15, 0.2) is 61.2 Å². The maximum atomic E-state index is 13.0. The minimum absolute atomic E-state index is 0.0367. The molecular formula is C21H13N3O2. The molecule has 0 saturated carbocycles. The van der Waals surface area contributed by atoms with Crippen molar-refractivity contribution in [1.29, 1.82) is 0 Å². The van der Waals surface area contributed by atoms with E-state index in [0.717, 1.165) is 22.2 Å². The van der Waals surface area contributed by atoms with Gasteiger partial charge in [-0.15, -0.1) is 0 Å².